The summed E-state index contributed by atoms with van der Waals surface area (Å²) in [5.74, 6) is 1.71. The van der Waals surface area contributed by atoms with Crippen LogP contribution in [-0.4, -0.2) is 44.2 Å². The maximum atomic E-state index is 12.3. The van der Waals surface area contributed by atoms with E-state index in [1.54, 1.807) is 23.6 Å². The third-order valence-electron chi connectivity index (χ3n) is 4.10. The van der Waals surface area contributed by atoms with Gasteiger partial charge in [0.15, 0.2) is 11.6 Å². The first-order chi connectivity index (χ1) is 12.3. The third-order valence-corrected chi connectivity index (χ3v) is 5.51. The Balaban J connectivity index is 1.98. The molecule has 3 N–H and O–H groups in total. The number of nitrogens with two attached hydrogens (primary N) is 1. The number of nitrogens with one attached hydrogen (secondary N) is 1. The molecule has 1 aliphatic heterocycles. The van der Waals surface area contributed by atoms with Gasteiger partial charge in [-0.3, -0.25) is 9.59 Å². The third kappa shape index (κ3) is 3.67. The second-order valence-corrected chi connectivity index (χ2v) is 8.13. The maximum absolute atomic E-state index is 12.3. The normalized spacial score (nSPS) is 19.0. The van der Waals surface area contributed by atoms with Gasteiger partial charge in [-0.15, -0.1) is 11.8 Å². The van der Waals surface area contributed by atoms with Gasteiger partial charge in [0.05, 0.1) is 30.0 Å². The summed E-state index contributed by atoms with van der Waals surface area (Å²) < 4.78 is 6.33. The zero-order chi connectivity index (χ0) is 18.9. The first-order valence-corrected chi connectivity index (χ1v) is 9.12. The summed E-state index contributed by atoms with van der Waals surface area (Å²) in [6.45, 7) is 3.77. The molecular formula is C17H21N5O3S. The van der Waals surface area contributed by atoms with E-state index in [-0.39, 0.29) is 18.4 Å². The zero-order valence-corrected chi connectivity index (χ0v) is 15.7. The molecule has 0 bridgehead atoms. The van der Waals surface area contributed by atoms with Crippen LogP contribution in [0.4, 0.5) is 0 Å². The molecular weight excluding hydrogens is 354 g/mol. The summed E-state index contributed by atoms with van der Waals surface area (Å²) in [5, 5.41) is 7.41. The van der Waals surface area contributed by atoms with E-state index in [1.165, 1.54) is 0 Å². The molecule has 138 valence electrons. The van der Waals surface area contributed by atoms with Gasteiger partial charge in [0.25, 0.3) is 0 Å². The van der Waals surface area contributed by atoms with E-state index in [1.807, 2.05) is 38.1 Å². The van der Waals surface area contributed by atoms with Crippen molar-refractivity contribution < 1.29 is 14.3 Å². The standard InChI is InChI=1S/C17H21N5O3S/c1-17(2)16(24)19-12(9-26-17)15-20-14(8-13(18)23)21-22(15)10-4-6-11(25-3)7-5-10/h4-7,12H,8-9H2,1-3H3,(H2,18,23)(H,19,24)/t12-/m1/s1. The minimum absolute atomic E-state index is 0.0560. The number of carbonyl (C=O) groups is 2. The second kappa shape index (κ2) is 6.99. The molecule has 1 aliphatic rings. The van der Waals surface area contributed by atoms with E-state index in [2.05, 4.69) is 15.4 Å². The highest BCUT2D eigenvalue weighted by atomic mass is 32.2. The number of benzene rings is 1. The van der Waals surface area contributed by atoms with Gasteiger partial charge in [0.1, 0.15) is 5.75 Å². The second-order valence-electron chi connectivity index (χ2n) is 6.49. The monoisotopic (exact) mass is 375 g/mol. The van der Waals surface area contributed by atoms with Crippen molar-refractivity contribution >= 4 is 23.6 Å². The van der Waals surface area contributed by atoms with Gasteiger partial charge in [-0.25, -0.2) is 9.67 Å². The lowest BCUT2D eigenvalue weighted by molar-refractivity contribution is -0.123. The predicted molar refractivity (Wildman–Crippen MR) is 98.2 cm³/mol. The highest BCUT2D eigenvalue weighted by Gasteiger charge is 2.38. The molecule has 2 heterocycles. The van der Waals surface area contributed by atoms with Gasteiger partial charge in [-0.2, -0.15) is 5.10 Å². The lowest BCUT2D eigenvalue weighted by Gasteiger charge is -2.33. The van der Waals surface area contributed by atoms with Gasteiger partial charge >= 0.3 is 0 Å². The topological polar surface area (TPSA) is 112 Å². The van der Waals surface area contributed by atoms with Crippen molar-refractivity contribution in [2.45, 2.75) is 31.1 Å². The van der Waals surface area contributed by atoms with E-state index in [9.17, 15) is 9.59 Å². The molecule has 8 nitrogen and oxygen atoms in total. The summed E-state index contributed by atoms with van der Waals surface area (Å²) in [6.07, 6.45) is -0.0601. The van der Waals surface area contributed by atoms with Gasteiger partial charge in [0.2, 0.25) is 11.8 Å². The smallest absolute Gasteiger partial charge is 0.236 e. The van der Waals surface area contributed by atoms with Gasteiger partial charge < -0.3 is 15.8 Å². The lowest BCUT2D eigenvalue weighted by atomic mass is 10.1. The summed E-state index contributed by atoms with van der Waals surface area (Å²) in [7, 11) is 1.59. The van der Waals surface area contributed by atoms with Crippen LogP contribution < -0.4 is 15.8 Å². The zero-order valence-electron chi connectivity index (χ0n) is 14.9. The molecule has 2 aromatic rings. The van der Waals surface area contributed by atoms with E-state index >= 15 is 0 Å². The van der Waals surface area contributed by atoms with Crippen molar-refractivity contribution in [3.05, 3.63) is 35.9 Å². The first-order valence-electron chi connectivity index (χ1n) is 8.13. The molecule has 0 spiro atoms. The van der Waals surface area contributed by atoms with Crippen LogP contribution in [0.1, 0.15) is 31.5 Å². The number of aromatic nitrogens is 3. The van der Waals surface area contributed by atoms with Gasteiger partial charge in [-0.1, -0.05) is 0 Å². The van der Waals surface area contributed by atoms with Crippen LogP contribution in [0.15, 0.2) is 24.3 Å². The average Bonchev–Trinajstić information content (AvgIpc) is 3.00. The fourth-order valence-electron chi connectivity index (χ4n) is 2.61. The van der Waals surface area contributed by atoms with Crippen LogP contribution in [0.3, 0.4) is 0 Å². The SMILES string of the molecule is COc1ccc(-n2nc(CC(N)=O)nc2[C@H]2CSC(C)(C)C(=O)N2)cc1. The molecule has 1 atom stereocenters. The molecule has 2 amide bonds. The van der Waals surface area contributed by atoms with Crippen LogP contribution in [0.25, 0.3) is 5.69 Å². The molecule has 1 aromatic carbocycles. The highest BCUT2D eigenvalue weighted by Crippen LogP contribution is 2.34. The maximum Gasteiger partial charge on any atom is 0.236 e. The van der Waals surface area contributed by atoms with Crippen LogP contribution in [0, 0.1) is 0 Å². The largest absolute Gasteiger partial charge is 0.497 e. The van der Waals surface area contributed by atoms with Gasteiger partial charge in [-0.05, 0) is 38.1 Å². The number of rotatable bonds is 5. The number of nitrogens with zero attached hydrogens (tertiary/aromatic N) is 3. The quantitative estimate of drug-likeness (QED) is 0.806. The summed E-state index contributed by atoms with van der Waals surface area (Å²) in [5.41, 5.74) is 6.04. The molecule has 0 aliphatic carbocycles. The van der Waals surface area contributed by atoms with Crippen LogP contribution >= 0.6 is 11.8 Å². The fraction of sp³-hybridized carbons (Fsp3) is 0.412. The summed E-state index contributed by atoms with van der Waals surface area (Å²) >= 11 is 1.56. The molecule has 0 radical (unpaired) electrons. The number of ether oxygens (including phenoxy) is 1. The molecule has 26 heavy (non-hydrogen) atoms. The van der Waals surface area contributed by atoms with Crippen LogP contribution in [0.5, 0.6) is 5.75 Å². The minimum atomic E-state index is -0.508. The average molecular weight is 375 g/mol. The number of methoxy groups -OCH3 is 1. The number of primary amides is 1. The molecule has 1 aromatic heterocycles. The molecule has 0 unspecified atom stereocenters. The highest BCUT2D eigenvalue weighted by molar-refractivity contribution is 8.01. The molecule has 1 fully saturated rings. The van der Waals surface area contributed by atoms with E-state index < -0.39 is 10.7 Å². The Labute approximate surface area is 155 Å². The van der Waals surface area contributed by atoms with Crippen molar-refractivity contribution in [2.75, 3.05) is 12.9 Å². The Hall–Kier alpha value is -2.55. The predicted octanol–water partition coefficient (Wildman–Crippen LogP) is 0.986. The molecule has 3 rings (SSSR count). The van der Waals surface area contributed by atoms with Crippen molar-refractivity contribution in [2.24, 2.45) is 5.73 Å². The van der Waals surface area contributed by atoms with Crippen molar-refractivity contribution in [1.82, 2.24) is 20.1 Å². The molecule has 1 saturated heterocycles. The van der Waals surface area contributed by atoms with E-state index in [0.717, 1.165) is 11.4 Å². The Bertz CT molecular complexity index is 831. The fourth-order valence-corrected chi connectivity index (χ4v) is 3.61. The van der Waals surface area contributed by atoms with E-state index in [0.29, 0.717) is 17.4 Å². The van der Waals surface area contributed by atoms with Crippen LogP contribution in [0.2, 0.25) is 0 Å². The first kappa shape index (κ1) is 18.2. The number of amides is 2. The summed E-state index contributed by atoms with van der Waals surface area (Å²) in [4.78, 5) is 28.1. The molecule has 0 saturated carbocycles. The Kier molecular flexibility index (Phi) is 4.90. The Morgan fingerprint density at radius 3 is 2.69 bits per heavy atom. The number of carbonyl (C=O) groups excluding carboxylic acids is 2. The Morgan fingerprint density at radius 2 is 2.12 bits per heavy atom. The minimum Gasteiger partial charge on any atom is -0.497 e. The lowest BCUT2D eigenvalue weighted by Crippen LogP contribution is -2.48. The number of thioether (sulfide) groups is 1. The van der Waals surface area contributed by atoms with Gasteiger partial charge in [0, 0.05) is 5.75 Å². The van der Waals surface area contributed by atoms with E-state index in [4.69, 9.17) is 10.5 Å². The number of hydrogen-bond acceptors (Lipinski definition) is 6. The Morgan fingerprint density at radius 1 is 1.42 bits per heavy atom. The van der Waals surface area contributed by atoms with Crippen LogP contribution in [-0.2, 0) is 16.0 Å². The molecule has 9 heteroatoms. The van der Waals surface area contributed by atoms with Crippen molar-refractivity contribution in [3.8, 4) is 11.4 Å². The summed E-state index contributed by atoms with van der Waals surface area (Å²) in [6, 6.07) is 6.99. The van der Waals surface area contributed by atoms with Crippen molar-refractivity contribution in [3.63, 3.8) is 0 Å². The van der Waals surface area contributed by atoms with Crippen molar-refractivity contribution in [1.29, 1.82) is 0 Å². The number of hydrogen-bond donors (Lipinski definition) is 2.